The molecule has 7 nitrogen and oxygen atoms in total. The lowest BCUT2D eigenvalue weighted by Crippen LogP contribution is -2.36. The van der Waals surface area contributed by atoms with E-state index in [2.05, 4.69) is 40.2 Å². The fourth-order valence-corrected chi connectivity index (χ4v) is 3.72. The Bertz CT molecular complexity index is 947. The summed E-state index contributed by atoms with van der Waals surface area (Å²) in [5, 5.41) is 15.6. The SMILES string of the molecule is C1=C(CCN2CCOCC2)c2cccc(-c3cccnc3)c2C1.O=C(O)C=CC(=O)O. The highest BCUT2D eigenvalue weighted by atomic mass is 16.5. The molecule has 2 aromatic rings. The molecule has 2 heterocycles. The van der Waals surface area contributed by atoms with E-state index in [1.807, 2.05) is 18.5 Å². The third-order valence-corrected chi connectivity index (χ3v) is 5.22. The molecule has 1 aliphatic heterocycles. The van der Waals surface area contributed by atoms with Crippen molar-refractivity contribution in [1.82, 2.24) is 9.88 Å². The van der Waals surface area contributed by atoms with E-state index in [1.54, 1.807) is 0 Å². The van der Waals surface area contributed by atoms with Crippen LogP contribution in [0.1, 0.15) is 17.5 Å². The summed E-state index contributed by atoms with van der Waals surface area (Å²) < 4.78 is 5.43. The molecular formula is C24H26N2O5. The molecule has 2 N–H and O–H groups in total. The number of hydrogen-bond donors (Lipinski definition) is 2. The molecule has 0 saturated carbocycles. The zero-order valence-electron chi connectivity index (χ0n) is 17.2. The summed E-state index contributed by atoms with van der Waals surface area (Å²) in [5.41, 5.74) is 6.93. The number of carboxylic acids is 2. The molecular weight excluding hydrogens is 396 g/mol. The van der Waals surface area contributed by atoms with Gasteiger partial charge in [0.05, 0.1) is 13.2 Å². The molecule has 1 aromatic heterocycles. The minimum atomic E-state index is -1.26. The average Bonchev–Trinajstić information content (AvgIpc) is 3.21. The van der Waals surface area contributed by atoms with Crippen LogP contribution >= 0.6 is 0 Å². The Morgan fingerprint density at radius 3 is 2.39 bits per heavy atom. The Kier molecular flexibility index (Phi) is 8.09. The quantitative estimate of drug-likeness (QED) is 0.690. The summed E-state index contributed by atoms with van der Waals surface area (Å²) in [6.07, 6.45) is 9.48. The van der Waals surface area contributed by atoms with Crippen molar-refractivity contribution in [2.24, 2.45) is 0 Å². The van der Waals surface area contributed by atoms with E-state index in [4.69, 9.17) is 14.9 Å². The van der Waals surface area contributed by atoms with Gasteiger partial charge in [-0.2, -0.15) is 0 Å². The van der Waals surface area contributed by atoms with Crippen LogP contribution in [0.3, 0.4) is 0 Å². The van der Waals surface area contributed by atoms with Crippen LogP contribution in [0.15, 0.2) is 61.0 Å². The average molecular weight is 422 g/mol. The Hall–Kier alpha value is -3.29. The fourth-order valence-electron chi connectivity index (χ4n) is 3.72. The van der Waals surface area contributed by atoms with Crippen LogP contribution in [0, 0.1) is 0 Å². The first kappa shape index (κ1) is 22.4. The van der Waals surface area contributed by atoms with Crippen LogP contribution in [-0.4, -0.2) is 64.9 Å². The normalized spacial score (nSPS) is 15.7. The Morgan fingerprint density at radius 2 is 1.74 bits per heavy atom. The molecule has 1 aromatic carbocycles. The minimum Gasteiger partial charge on any atom is -0.478 e. The maximum Gasteiger partial charge on any atom is 0.328 e. The van der Waals surface area contributed by atoms with Crippen molar-refractivity contribution in [2.75, 3.05) is 32.8 Å². The zero-order chi connectivity index (χ0) is 22.1. The van der Waals surface area contributed by atoms with Gasteiger partial charge in [0, 0.05) is 49.7 Å². The number of fused-ring (bicyclic) bond motifs is 1. The van der Waals surface area contributed by atoms with Crippen LogP contribution in [0.2, 0.25) is 0 Å². The number of ether oxygens (including phenoxy) is 1. The first-order chi connectivity index (χ1) is 15.0. The summed E-state index contributed by atoms with van der Waals surface area (Å²) in [6.45, 7) is 5.01. The second-order valence-corrected chi connectivity index (χ2v) is 7.22. The highest BCUT2D eigenvalue weighted by Crippen LogP contribution is 2.36. The Balaban J connectivity index is 0.000000293. The van der Waals surface area contributed by atoms with Gasteiger partial charge in [0.1, 0.15) is 0 Å². The summed E-state index contributed by atoms with van der Waals surface area (Å²) in [6, 6.07) is 10.8. The molecule has 1 aliphatic carbocycles. The van der Waals surface area contributed by atoms with Gasteiger partial charge < -0.3 is 14.9 Å². The van der Waals surface area contributed by atoms with Gasteiger partial charge in [-0.1, -0.05) is 30.3 Å². The molecule has 1 saturated heterocycles. The van der Waals surface area contributed by atoms with Gasteiger partial charge in [-0.3, -0.25) is 9.88 Å². The lowest BCUT2D eigenvalue weighted by atomic mass is 9.95. The molecule has 0 bridgehead atoms. The van der Waals surface area contributed by atoms with E-state index in [9.17, 15) is 9.59 Å². The number of aromatic nitrogens is 1. The van der Waals surface area contributed by atoms with Gasteiger partial charge in [0.2, 0.25) is 0 Å². The molecule has 162 valence electrons. The standard InChI is InChI=1S/C20H22N2O.C4H4O4/c1-4-18-16(8-10-22-11-13-23-14-12-22)6-7-20(18)19(5-1)17-3-2-9-21-15-17;5-3(6)1-2-4(7)8/h1-6,9,15H,7-8,10-14H2;1-2H,(H,5,6)(H,7,8). The highest BCUT2D eigenvalue weighted by Gasteiger charge is 2.19. The monoisotopic (exact) mass is 422 g/mol. The van der Waals surface area contributed by atoms with Crippen molar-refractivity contribution in [2.45, 2.75) is 12.8 Å². The van der Waals surface area contributed by atoms with Crippen molar-refractivity contribution in [3.63, 3.8) is 0 Å². The molecule has 0 atom stereocenters. The number of hydrogen-bond acceptors (Lipinski definition) is 5. The maximum atomic E-state index is 9.55. The Morgan fingerprint density at radius 1 is 1.03 bits per heavy atom. The predicted octanol–water partition coefficient (Wildman–Crippen LogP) is 3.12. The van der Waals surface area contributed by atoms with Crippen molar-refractivity contribution in [1.29, 1.82) is 0 Å². The van der Waals surface area contributed by atoms with Crippen LogP contribution in [0.4, 0.5) is 0 Å². The molecule has 0 unspecified atom stereocenters. The number of carbonyl (C=O) groups is 2. The largest absolute Gasteiger partial charge is 0.478 e. The topological polar surface area (TPSA) is 100.0 Å². The number of rotatable bonds is 6. The molecule has 4 rings (SSSR count). The van der Waals surface area contributed by atoms with Crippen molar-refractivity contribution in [3.05, 3.63) is 72.1 Å². The molecule has 0 radical (unpaired) electrons. The van der Waals surface area contributed by atoms with Gasteiger partial charge in [-0.25, -0.2) is 9.59 Å². The van der Waals surface area contributed by atoms with Gasteiger partial charge in [-0.15, -0.1) is 0 Å². The summed E-state index contributed by atoms with van der Waals surface area (Å²) in [7, 11) is 0. The number of benzene rings is 1. The number of aliphatic carboxylic acids is 2. The molecule has 1 fully saturated rings. The first-order valence-electron chi connectivity index (χ1n) is 10.2. The third-order valence-electron chi connectivity index (χ3n) is 5.22. The van der Waals surface area contributed by atoms with Gasteiger partial charge >= 0.3 is 11.9 Å². The maximum absolute atomic E-state index is 9.55. The van der Waals surface area contributed by atoms with E-state index in [1.165, 1.54) is 27.8 Å². The molecule has 7 heteroatoms. The minimum absolute atomic E-state index is 0.558. The van der Waals surface area contributed by atoms with Crippen LogP contribution < -0.4 is 0 Å². The molecule has 0 amide bonds. The molecule has 2 aliphatic rings. The van der Waals surface area contributed by atoms with E-state index in [-0.39, 0.29) is 0 Å². The lowest BCUT2D eigenvalue weighted by Gasteiger charge is -2.26. The van der Waals surface area contributed by atoms with Crippen LogP contribution in [0.5, 0.6) is 0 Å². The third kappa shape index (κ3) is 6.60. The van der Waals surface area contributed by atoms with Crippen molar-refractivity contribution >= 4 is 17.5 Å². The van der Waals surface area contributed by atoms with Gasteiger partial charge in [-0.05, 0) is 41.2 Å². The first-order valence-corrected chi connectivity index (χ1v) is 10.2. The van der Waals surface area contributed by atoms with E-state index in [0.29, 0.717) is 12.2 Å². The summed E-state index contributed by atoms with van der Waals surface area (Å²) in [4.78, 5) is 25.9. The number of pyridine rings is 1. The van der Waals surface area contributed by atoms with E-state index >= 15 is 0 Å². The van der Waals surface area contributed by atoms with Crippen LogP contribution in [0.25, 0.3) is 16.7 Å². The highest BCUT2D eigenvalue weighted by molar-refractivity contribution is 5.89. The number of morpholine rings is 1. The number of carboxylic acid groups (broad SMARTS) is 2. The summed E-state index contributed by atoms with van der Waals surface area (Å²) >= 11 is 0. The molecule has 31 heavy (non-hydrogen) atoms. The lowest BCUT2D eigenvalue weighted by molar-refractivity contribution is -0.134. The van der Waals surface area contributed by atoms with E-state index < -0.39 is 11.9 Å². The van der Waals surface area contributed by atoms with E-state index in [0.717, 1.165) is 45.7 Å². The number of allylic oxidation sites excluding steroid dienone is 1. The second-order valence-electron chi connectivity index (χ2n) is 7.22. The fraction of sp³-hybridized carbons (Fsp3) is 0.292. The van der Waals surface area contributed by atoms with Crippen molar-refractivity contribution < 1.29 is 24.5 Å². The zero-order valence-corrected chi connectivity index (χ0v) is 17.2. The van der Waals surface area contributed by atoms with Crippen molar-refractivity contribution in [3.8, 4) is 11.1 Å². The Labute approximate surface area is 181 Å². The van der Waals surface area contributed by atoms with Crippen LogP contribution in [-0.2, 0) is 20.7 Å². The smallest absolute Gasteiger partial charge is 0.328 e. The summed E-state index contributed by atoms with van der Waals surface area (Å²) in [5.74, 6) is -2.51. The van der Waals surface area contributed by atoms with Gasteiger partial charge in [0.25, 0.3) is 0 Å². The number of nitrogens with zero attached hydrogens (tertiary/aromatic N) is 2. The predicted molar refractivity (Wildman–Crippen MR) is 118 cm³/mol. The molecule has 0 spiro atoms. The second kappa shape index (κ2) is 11.2. The van der Waals surface area contributed by atoms with Gasteiger partial charge in [0.15, 0.2) is 0 Å².